The summed E-state index contributed by atoms with van der Waals surface area (Å²) in [7, 11) is 3.30. The highest BCUT2D eigenvalue weighted by Gasteiger charge is 2.32. The maximum absolute atomic E-state index is 13.3. The molecule has 1 aliphatic heterocycles. The lowest BCUT2D eigenvalue weighted by Gasteiger charge is -2.36. The van der Waals surface area contributed by atoms with Gasteiger partial charge in [0.25, 0.3) is 0 Å². The number of thiophene rings is 1. The fourth-order valence-electron chi connectivity index (χ4n) is 4.04. The maximum atomic E-state index is 13.3. The monoisotopic (exact) mass is 407 g/mol. The van der Waals surface area contributed by atoms with Gasteiger partial charge < -0.3 is 14.4 Å². The number of hydrogen-bond acceptors (Lipinski definition) is 4. The van der Waals surface area contributed by atoms with E-state index < -0.39 is 0 Å². The van der Waals surface area contributed by atoms with Crippen LogP contribution in [0.15, 0.2) is 60.0 Å². The van der Waals surface area contributed by atoms with Gasteiger partial charge in [-0.15, -0.1) is 11.3 Å². The van der Waals surface area contributed by atoms with Crippen molar-refractivity contribution in [2.45, 2.75) is 25.3 Å². The molecular formula is C24H25NO3S. The van der Waals surface area contributed by atoms with E-state index in [1.165, 1.54) is 16.0 Å². The fraction of sp³-hybridized carbons (Fsp3) is 0.292. The van der Waals surface area contributed by atoms with E-state index in [2.05, 4.69) is 23.6 Å². The van der Waals surface area contributed by atoms with E-state index in [-0.39, 0.29) is 11.9 Å². The zero-order chi connectivity index (χ0) is 20.2. The van der Waals surface area contributed by atoms with Crippen molar-refractivity contribution in [3.8, 4) is 11.5 Å². The third-order valence-electron chi connectivity index (χ3n) is 5.50. The summed E-state index contributed by atoms with van der Waals surface area (Å²) in [5.41, 5.74) is 3.42. The maximum Gasteiger partial charge on any atom is 0.223 e. The number of carbonyl (C=O) groups is 1. The van der Waals surface area contributed by atoms with Gasteiger partial charge in [-0.05, 0) is 59.2 Å². The minimum absolute atomic E-state index is 0.00842. The van der Waals surface area contributed by atoms with Crippen LogP contribution in [-0.2, 0) is 17.6 Å². The first kappa shape index (κ1) is 19.5. The molecule has 0 N–H and O–H groups in total. The second-order valence-corrected chi connectivity index (χ2v) is 8.13. The van der Waals surface area contributed by atoms with Crippen LogP contribution in [0.3, 0.4) is 0 Å². The van der Waals surface area contributed by atoms with Crippen molar-refractivity contribution in [2.75, 3.05) is 20.8 Å². The molecule has 29 heavy (non-hydrogen) atoms. The second-order valence-electron chi connectivity index (χ2n) is 7.13. The smallest absolute Gasteiger partial charge is 0.223 e. The Kier molecular flexibility index (Phi) is 5.86. The van der Waals surface area contributed by atoms with Crippen molar-refractivity contribution in [1.29, 1.82) is 0 Å². The number of fused-ring (bicyclic) bond motifs is 1. The molecule has 0 radical (unpaired) electrons. The van der Waals surface area contributed by atoms with Crippen LogP contribution in [0.4, 0.5) is 0 Å². The van der Waals surface area contributed by atoms with E-state index >= 15 is 0 Å². The van der Waals surface area contributed by atoms with Crippen LogP contribution in [-0.4, -0.2) is 31.6 Å². The summed E-state index contributed by atoms with van der Waals surface area (Å²) in [5, 5.41) is 2.13. The molecule has 0 saturated carbocycles. The second kappa shape index (κ2) is 8.70. The molecule has 2 heterocycles. The van der Waals surface area contributed by atoms with Crippen molar-refractivity contribution >= 4 is 17.2 Å². The first-order valence-electron chi connectivity index (χ1n) is 9.83. The molecule has 0 spiro atoms. The predicted octanol–water partition coefficient (Wildman–Crippen LogP) is 4.87. The molecule has 1 aliphatic rings. The number of benzene rings is 2. The summed E-state index contributed by atoms with van der Waals surface area (Å²) in [6.45, 7) is 0.751. The quantitative estimate of drug-likeness (QED) is 0.585. The SMILES string of the molecule is COc1ccc(OC)c(CCC(=O)N2CCc3sccc3C2c2ccccc2)c1. The molecule has 0 saturated heterocycles. The zero-order valence-electron chi connectivity index (χ0n) is 16.8. The molecule has 150 valence electrons. The van der Waals surface area contributed by atoms with E-state index in [1.54, 1.807) is 25.6 Å². The Labute approximate surface area is 175 Å². The average molecular weight is 408 g/mol. The zero-order valence-corrected chi connectivity index (χ0v) is 17.6. The Balaban J connectivity index is 1.57. The minimum Gasteiger partial charge on any atom is -0.497 e. The molecule has 1 amide bonds. The highest BCUT2D eigenvalue weighted by molar-refractivity contribution is 7.10. The van der Waals surface area contributed by atoms with Crippen LogP contribution < -0.4 is 9.47 Å². The number of amides is 1. The third kappa shape index (κ3) is 4.01. The molecule has 0 fully saturated rings. The molecular weight excluding hydrogens is 382 g/mol. The van der Waals surface area contributed by atoms with E-state index in [0.29, 0.717) is 12.8 Å². The van der Waals surface area contributed by atoms with Gasteiger partial charge in [0.15, 0.2) is 0 Å². The standard InChI is InChI=1S/C24H25NO3S/c1-27-19-9-10-21(28-2)18(16-19)8-11-23(26)25-14-12-22-20(13-15-29-22)24(25)17-6-4-3-5-7-17/h3-7,9-10,13,15-16,24H,8,11-12,14H2,1-2H3. The minimum atomic E-state index is -0.00842. The number of rotatable bonds is 6. The lowest BCUT2D eigenvalue weighted by atomic mass is 9.92. The lowest BCUT2D eigenvalue weighted by molar-refractivity contribution is -0.133. The highest BCUT2D eigenvalue weighted by atomic mass is 32.1. The molecule has 3 aromatic rings. The Morgan fingerprint density at radius 2 is 1.93 bits per heavy atom. The molecule has 4 nitrogen and oxygen atoms in total. The fourth-order valence-corrected chi connectivity index (χ4v) is 4.95. The number of aryl methyl sites for hydroxylation is 1. The largest absolute Gasteiger partial charge is 0.497 e. The van der Waals surface area contributed by atoms with E-state index in [0.717, 1.165) is 30.0 Å². The molecule has 1 aromatic heterocycles. The highest BCUT2D eigenvalue weighted by Crippen LogP contribution is 2.38. The summed E-state index contributed by atoms with van der Waals surface area (Å²) in [4.78, 5) is 16.7. The third-order valence-corrected chi connectivity index (χ3v) is 6.49. The van der Waals surface area contributed by atoms with Gasteiger partial charge in [0, 0.05) is 17.8 Å². The Morgan fingerprint density at radius 1 is 1.10 bits per heavy atom. The van der Waals surface area contributed by atoms with Gasteiger partial charge >= 0.3 is 0 Å². The van der Waals surface area contributed by atoms with Crippen LogP contribution in [0.25, 0.3) is 0 Å². The summed E-state index contributed by atoms with van der Waals surface area (Å²) in [6.07, 6.45) is 1.98. The molecule has 0 aliphatic carbocycles. The van der Waals surface area contributed by atoms with Crippen LogP contribution in [0.2, 0.25) is 0 Å². The van der Waals surface area contributed by atoms with Crippen LogP contribution >= 0.6 is 11.3 Å². The molecule has 1 unspecified atom stereocenters. The van der Waals surface area contributed by atoms with Crippen LogP contribution in [0, 0.1) is 0 Å². The van der Waals surface area contributed by atoms with Gasteiger partial charge in [-0.3, -0.25) is 4.79 Å². The van der Waals surface area contributed by atoms with Crippen molar-refractivity contribution in [1.82, 2.24) is 4.90 Å². The first-order valence-corrected chi connectivity index (χ1v) is 10.7. The Bertz CT molecular complexity index is 983. The summed E-state index contributed by atoms with van der Waals surface area (Å²) >= 11 is 1.79. The molecule has 2 aromatic carbocycles. The van der Waals surface area contributed by atoms with Gasteiger partial charge in [-0.1, -0.05) is 30.3 Å². The van der Waals surface area contributed by atoms with Gasteiger partial charge in [0.2, 0.25) is 5.91 Å². The normalized spacial score (nSPS) is 15.7. The molecule has 1 atom stereocenters. The van der Waals surface area contributed by atoms with Gasteiger partial charge in [0.1, 0.15) is 11.5 Å². The molecule has 4 rings (SSSR count). The lowest BCUT2D eigenvalue weighted by Crippen LogP contribution is -2.40. The molecule has 0 bridgehead atoms. The molecule has 5 heteroatoms. The Morgan fingerprint density at radius 3 is 2.69 bits per heavy atom. The number of methoxy groups -OCH3 is 2. The van der Waals surface area contributed by atoms with Gasteiger partial charge in [-0.25, -0.2) is 0 Å². The van der Waals surface area contributed by atoms with E-state index in [4.69, 9.17) is 9.47 Å². The Hall–Kier alpha value is -2.79. The van der Waals surface area contributed by atoms with Crippen molar-refractivity contribution in [2.24, 2.45) is 0 Å². The topological polar surface area (TPSA) is 38.8 Å². The van der Waals surface area contributed by atoms with Gasteiger partial charge in [-0.2, -0.15) is 0 Å². The number of hydrogen-bond donors (Lipinski definition) is 0. The first-order chi connectivity index (χ1) is 14.2. The van der Waals surface area contributed by atoms with Crippen molar-refractivity contribution in [3.05, 3.63) is 81.5 Å². The van der Waals surface area contributed by atoms with Gasteiger partial charge in [0.05, 0.1) is 20.3 Å². The average Bonchev–Trinajstić information content (AvgIpc) is 3.26. The number of nitrogens with zero attached hydrogens (tertiary/aromatic N) is 1. The van der Waals surface area contributed by atoms with E-state index in [9.17, 15) is 4.79 Å². The summed E-state index contributed by atoms with van der Waals surface area (Å²) in [6, 6.07) is 18.2. The summed E-state index contributed by atoms with van der Waals surface area (Å²) in [5.74, 6) is 1.73. The number of ether oxygens (including phenoxy) is 2. The number of carbonyl (C=O) groups excluding carboxylic acids is 1. The van der Waals surface area contributed by atoms with Crippen molar-refractivity contribution < 1.29 is 14.3 Å². The predicted molar refractivity (Wildman–Crippen MR) is 116 cm³/mol. The summed E-state index contributed by atoms with van der Waals surface area (Å²) < 4.78 is 10.8. The van der Waals surface area contributed by atoms with Crippen LogP contribution in [0.1, 0.15) is 34.0 Å². The van der Waals surface area contributed by atoms with Crippen LogP contribution in [0.5, 0.6) is 11.5 Å². The van der Waals surface area contributed by atoms with Crippen molar-refractivity contribution in [3.63, 3.8) is 0 Å². The van der Waals surface area contributed by atoms with E-state index in [1.807, 2.05) is 41.3 Å².